The van der Waals surface area contributed by atoms with E-state index in [0.717, 1.165) is 10.5 Å². The van der Waals surface area contributed by atoms with Crippen molar-refractivity contribution in [3.63, 3.8) is 0 Å². The summed E-state index contributed by atoms with van der Waals surface area (Å²) in [4.78, 5) is 37.7. The monoisotopic (exact) mass is 337 g/mol. The average molecular weight is 337 g/mol. The molecule has 3 rings (SSSR count). The minimum atomic E-state index is -1.18. The molecule has 1 saturated heterocycles. The highest BCUT2D eigenvalue weighted by Crippen LogP contribution is 2.33. The molecule has 3 N–H and O–H groups in total. The Morgan fingerprint density at radius 2 is 1.60 bits per heavy atom. The summed E-state index contributed by atoms with van der Waals surface area (Å²) in [7, 11) is 0. The molecule has 2 aromatic carbocycles. The van der Waals surface area contributed by atoms with Crippen molar-refractivity contribution in [2.24, 2.45) is 5.73 Å². The van der Waals surface area contributed by atoms with Gasteiger partial charge in [0.2, 0.25) is 5.91 Å². The van der Waals surface area contributed by atoms with Gasteiger partial charge < -0.3 is 11.1 Å². The zero-order valence-corrected chi connectivity index (χ0v) is 13.6. The van der Waals surface area contributed by atoms with Gasteiger partial charge in [0.05, 0.1) is 0 Å². The second-order valence-corrected chi connectivity index (χ2v) is 6.04. The lowest BCUT2D eigenvalue weighted by Gasteiger charge is -2.27. The Bertz CT molecular complexity index is 792. The standard InChI is InChI=1S/C19H19N3O3/c20-16(23)11-12-22-17(24)19(21-18(22)25,15-9-5-2-6-10-15)13-14-7-3-1-4-8-14/h1-10H,11-13H2,(H2,20,23)(H,21,25)/t19-/m0/s1. The van der Waals surface area contributed by atoms with E-state index in [1.807, 2.05) is 60.7 Å². The van der Waals surface area contributed by atoms with Gasteiger partial charge in [-0.15, -0.1) is 0 Å². The molecule has 0 spiro atoms. The van der Waals surface area contributed by atoms with Crippen molar-refractivity contribution < 1.29 is 14.4 Å². The van der Waals surface area contributed by atoms with Crippen LogP contribution in [-0.2, 0) is 21.5 Å². The second kappa shape index (κ2) is 6.76. The molecule has 0 radical (unpaired) electrons. The van der Waals surface area contributed by atoms with Crippen molar-refractivity contribution >= 4 is 17.8 Å². The first-order chi connectivity index (χ1) is 12.0. The lowest BCUT2D eigenvalue weighted by Crippen LogP contribution is -2.46. The maximum atomic E-state index is 13.1. The van der Waals surface area contributed by atoms with Crippen LogP contribution in [0.3, 0.4) is 0 Å². The highest BCUT2D eigenvalue weighted by Gasteiger charge is 2.52. The molecule has 128 valence electrons. The van der Waals surface area contributed by atoms with Crippen molar-refractivity contribution in [1.29, 1.82) is 0 Å². The number of carbonyl (C=O) groups is 3. The van der Waals surface area contributed by atoms with Crippen LogP contribution in [0.25, 0.3) is 0 Å². The Morgan fingerprint density at radius 3 is 2.20 bits per heavy atom. The Hall–Kier alpha value is -3.15. The fraction of sp³-hybridized carbons (Fsp3) is 0.211. The number of rotatable bonds is 6. The van der Waals surface area contributed by atoms with E-state index in [2.05, 4.69) is 5.32 Å². The summed E-state index contributed by atoms with van der Waals surface area (Å²) >= 11 is 0. The number of urea groups is 1. The van der Waals surface area contributed by atoms with Crippen LogP contribution >= 0.6 is 0 Å². The number of carbonyl (C=O) groups excluding carboxylic acids is 3. The van der Waals surface area contributed by atoms with Crippen LogP contribution in [-0.4, -0.2) is 29.3 Å². The van der Waals surface area contributed by atoms with Gasteiger partial charge in [0.1, 0.15) is 0 Å². The van der Waals surface area contributed by atoms with Gasteiger partial charge in [0.15, 0.2) is 5.54 Å². The van der Waals surface area contributed by atoms with Crippen LogP contribution < -0.4 is 11.1 Å². The van der Waals surface area contributed by atoms with E-state index in [0.29, 0.717) is 12.0 Å². The van der Waals surface area contributed by atoms with Crippen LogP contribution in [0.2, 0.25) is 0 Å². The molecule has 1 fully saturated rings. The molecule has 0 bridgehead atoms. The smallest absolute Gasteiger partial charge is 0.325 e. The summed E-state index contributed by atoms with van der Waals surface area (Å²) in [5.41, 5.74) is 5.61. The van der Waals surface area contributed by atoms with Gasteiger partial charge in [-0.3, -0.25) is 14.5 Å². The molecule has 0 aliphatic carbocycles. The fourth-order valence-corrected chi connectivity index (χ4v) is 3.09. The van der Waals surface area contributed by atoms with Gasteiger partial charge in [0.25, 0.3) is 5.91 Å². The van der Waals surface area contributed by atoms with Crippen LogP contribution in [0.1, 0.15) is 17.5 Å². The molecule has 1 aliphatic rings. The summed E-state index contributed by atoms with van der Waals surface area (Å²) in [6.07, 6.45) is 0.269. The molecular formula is C19H19N3O3. The Morgan fingerprint density at radius 1 is 1.00 bits per heavy atom. The van der Waals surface area contributed by atoms with Gasteiger partial charge in [-0.2, -0.15) is 0 Å². The Labute approximate surface area is 145 Å². The quantitative estimate of drug-likeness (QED) is 0.783. The fourth-order valence-electron chi connectivity index (χ4n) is 3.09. The molecule has 0 saturated carbocycles. The second-order valence-electron chi connectivity index (χ2n) is 6.04. The third-order valence-corrected chi connectivity index (χ3v) is 4.34. The van der Waals surface area contributed by atoms with Crippen molar-refractivity contribution in [1.82, 2.24) is 10.2 Å². The molecule has 4 amide bonds. The SMILES string of the molecule is NC(=O)CCN1C(=O)N[C@@](Cc2ccccc2)(c2ccccc2)C1=O. The summed E-state index contributed by atoms with van der Waals surface area (Å²) in [5, 5.41) is 2.84. The van der Waals surface area contributed by atoms with Crippen molar-refractivity contribution in [3.8, 4) is 0 Å². The summed E-state index contributed by atoms with van der Waals surface area (Å²) in [5.74, 6) is -0.922. The minimum absolute atomic E-state index is 0.0244. The van der Waals surface area contributed by atoms with Gasteiger partial charge in [-0.1, -0.05) is 60.7 Å². The first-order valence-electron chi connectivity index (χ1n) is 8.05. The summed E-state index contributed by atoms with van der Waals surface area (Å²) < 4.78 is 0. The summed E-state index contributed by atoms with van der Waals surface area (Å²) in [6.45, 7) is -0.0244. The number of primary amides is 1. The van der Waals surface area contributed by atoms with Gasteiger partial charge in [0, 0.05) is 19.4 Å². The van der Waals surface area contributed by atoms with Crippen molar-refractivity contribution in [2.75, 3.05) is 6.54 Å². The number of imide groups is 1. The maximum Gasteiger partial charge on any atom is 0.325 e. The molecule has 6 nitrogen and oxygen atoms in total. The van der Waals surface area contributed by atoms with Crippen molar-refractivity contribution in [3.05, 3.63) is 71.8 Å². The summed E-state index contributed by atoms with van der Waals surface area (Å²) in [6, 6.07) is 18.1. The largest absolute Gasteiger partial charge is 0.370 e. The average Bonchev–Trinajstić information content (AvgIpc) is 2.85. The molecule has 2 aromatic rings. The number of amides is 4. The molecule has 1 atom stereocenters. The predicted octanol–water partition coefficient (Wildman–Crippen LogP) is 1.55. The van der Waals surface area contributed by atoms with E-state index < -0.39 is 17.5 Å². The first kappa shape index (κ1) is 16.7. The van der Waals surface area contributed by atoms with E-state index in [9.17, 15) is 14.4 Å². The predicted molar refractivity (Wildman–Crippen MR) is 92.3 cm³/mol. The van der Waals surface area contributed by atoms with Crippen LogP contribution in [0.15, 0.2) is 60.7 Å². The molecule has 1 aliphatic heterocycles. The maximum absolute atomic E-state index is 13.1. The van der Waals surface area contributed by atoms with Gasteiger partial charge in [-0.25, -0.2) is 4.79 Å². The number of nitrogens with one attached hydrogen (secondary N) is 1. The zero-order valence-electron chi connectivity index (χ0n) is 13.6. The third-order valence-electron chi connectivity index (χ3n) is 4.34. The van der Waals surface area contributed by atoms with Gasteiger partial charge in [-0.05, 0) is 11.1 Å². The third kappa shape index (κ3) is 3.24. The van der Waals surface area contributed by atoms with Crippen LogP contribution in [0.5, 0.6) is 0 Å². The van der Waals surface area contributed by atoms with Gasteiger partial charge >= 0.3 is 6.03 Å². The van der Waals surface area contributed by atoms with E-state index in [1.54, 1.807) is 0 Å². The Kier molecular flexibility index (Phi) is 4.52. The highest BCUT2D eigenvalue weighted by atomic mass is 16.2. The topological polar surface area (TPSA) is 92.5 Å². The van der Waals surface area contributed by atoms with E-state index >= 15 is 0 Å². The van der Waals surface area contributed by atoms with Crippen molar-refractivity contribution in [2.45, 2.75) is 18.4 Å². The minimum Gasteiger partial charge on any atom is -0.370 e. The van der Waals surface area contributed by atoms with E-state index in [-0.39, 0.29) is 18.9 Å². The molecule has 6 heteroatoms. The Balaban J connectivity index is 1.99. The lowest BCUT2D eigenvalue weighted by atomic mass is 9.83. The molecular weight excluding hydrogens is 318 g/mol. The lowest BCUT2D eigenvalue weighted by molar-refractivity contribution is -0.132. The van der Waals surface area contributed by atoms with E-state index in [1.165, 1.54) is 0 Å². The first-order valence-corrected chi connectivity index (χ1v) is 8.05. The normalized spacial score (nSPS) is 19.8. The number of benzene rings is 2. The molecule has 0 unspecified atom stereocenters. The zero-order chi connectivity index (χ0) is 17.9. The highest BCUT2D eigenvalue weighted by molar-refractivity contribution is 6.07. The number of nitrogens with two attached hydrogens (primary N) is 1. The van der Waals surface area contributed by atoms with E-state index in [4.69, 9.17) is 5.73 Å². The number of hydrogen-bond donors (Lipinski definition) is 2. The molecule has 0 aromatic heterocycles. The molecule has 25 heavy (non-hydrogen) atoms. The van der Waals surface area contributed by atoms with Crippen LogP contribution in [0, 0.1) is 0 Å². The number of hydrogen-bond acceptors (Lipinski definition) is 3. The van der Waals surface area contributed by atoms with Crippen LogP contribution in [0.4, 0.5) is 4.79 Å². The number of nitrogens with zero attached hydrogens (tertiary/aromatic N) is 1. The molecule has 1 heterocycles.